The first kappa shape index (κ1) is 25.1. The van der Waals surface area contributed by atoms with Gasteiger partial charge in [-0.1, -0.05) is 46.4 Å². The molecular formula is C20H8Cl4N4O2S5. The van der Waals surface area contributed by atoms with Gasteiger partial charge < -0.3 is 0 Å². The molecule has 0 unspecified atom stereocenters. The van der Waals surface area contributed by atoms with E-state index in [1.807, 2.05) is 0 Å². The highest BCUT2D eigenvalue weighted by atomic mass is 35.5. The van der Waals surface area contributed by atoms with Crippen LogP contribution in [0.25, 0.3) is 22.5 Å². The molecule has 0 spiro atoms. The average molecular weight is 638 g/mol. The van der Waals surface area contributed by atoms with Gasteiger partial charge in [-0.15, -0.1) is 56.7 Å². The van der Waals surface area contributed by atoms with E-state index in [9.17, 15) is 9.59 Å². The SMILES string of the molecule is O=C(Nc1nc(-c2cc(Cl)sc2Cl)cs1)c1ccc(C(=O)Nc2nc(-c3cc(Cl)sc3Cl)cs2)s1. The van der Waals surface area contributed by atoms with Crippen LogP contribution in [0.2, 0.25) is 17.3 Å². The number of halogens is 4. The fourth-order valence-electron chi connectivity index (χ4n) is 2.84. The van der Waals surface area contributed by atoms with E-state index in [2.05, 4.69) is 20.6 Å². The number of thiazole rings is 2. The Kier molecular flexibility index (Phi) is 7.50. The number of carbonyl (C=O) groups excluding carboxylic acids is 2. The Morgan fingerprint density at radius 3 is 1.49 bits per heavy atom. The number of thiophene rings is 3. The van der Waals surface area contributed by atoms with Crippen molar-refractivity contribution in [2.45, 2.75) is 0 Å². The molecule has 0 aliphatic carbocycles. The topological polar surface area (TPSA) is 84.0 Å². The van der Waals surface area contributed by atoms with E-state index in [0.29, 0.717) is 59.9 Å². The van der Waals surface area contributed by atoms with Crippen LogP contribution in [0.15, 0.2) is 35.0 Å². The van der Waals surface area contributed by atoms with Gasteiger partial charge in [-0.05, 0) is 24.3 Å². The Labute approximate surface area is 238 Å². The Morgan fingerprint density at radius 2 is 1.11 bits per heavy atom. The number of nitrogens with one attached hydrogen (secondary N) is 2. The van der Waals surface area contributed by atoms with Crippen LogP contribution in [0.1, 0.15) is 19.3 Å². The molecule has 0 atom stereocenters. The van der Waals surface area contributed by atoms with E-state index in [4.69, 9.17) is 46.4 Å². The first-order chi connectivity index (χ1) is 16.8. The number of hydrogen-bond donors (Lipinski definition) is 2. The predicted octanol–water partition coefficient (Wildman–Crippen LogP) is 9.24. The van der Waals surface area contributed by atoms with Crippen LogP contribution in [0, 0.1) is 0 Å². The molecular weight excluding hydrogens is 630 g/mol. The Bertz CT molecular complexity index is 1450. The maximum atomic E-state index is 12.7. The highest BCUT2D eigenvalue weighted by molar-refractivity contribution is 7.21. The molecule has 0 fully saturated rings. The molecule has 0 saturated carbocycles. The molecule has 5 aromatic rings. The number of carbonyl (C=O) groups is 2. The number of nitrogens with zero attached hydrogens (tertiary/aromatic N) is 2. The largest absolute Gasteiger partial charge is 0.297 e. The highest BCUT2D eigenvalue weighted by Gasteiger charge is 2.18. The van der Waals surface area contributed by atoms with Gasteiger partial charge in [0.25, 0.3) is 11.8 Å². The lowest BCUT2D eigenvalue weighted by molar-refractivity contribution is 0.102. The minimum Gasteiger partial charge on any atom is -0.297 e. The van der Waals surface area contributed by atoms with Crippen molar-refractivity contribution in [3.8, 4) is 22.5 Å². The van der Waals surface area contributed by atoms with Crippen LogP contribution < -0.4 is 10.6 Å². The number of anilines is 2. The fourth-order valence-corrected chi connectivity index (χ4v) is 8.01. The van der Waals surface area contributed by atoms with Crippen molar-refractivity contribution in [2.75, 3.05) is 10.6 Å². The molecule has 5 heterocycles. The summed E-state index contributed by atoms with van der Waals surface area (Å²) in [5.74, 6) is -0.741. The molecule has 6 nitrogen and oxygen atoms in total. The zero-order chi connectivity index (χ0) is 24.7. The second-order valence-electron chi connectivity index (χ2n) is 6.62. The monoisotopic (exact) mass is 636 g/mol. The van der Waals surface area contributed by atoms with Gasteiger partial charge in [0.1, 0.15) is 8.67 Å². The Morgan fingerprint density at radius 1 is 0.686 bits per heavy atom. The summed E-state index contributed by atoms with van der Waals surface area (Å²) in [5.41, 5.74) is 2.67. The molecule has 0 aliphatic rings. The van der Waals surface area contributed by atoms with E-state index in [-0.39, 0.29) is 11.8 Å². The molecule has 0 aliphatic heterocycles. The Balaban J connectivity index is 1.24. The van der Waals surface area contributed by atoms with E-state index < -0.39 is 0 Å². The third kappa shape index (κ3) is 5.58. The van der Waals surface area contributed by atoms with Crippen LogP contribution >= 0.6 is 103 Å². The first-order valence-corrected chi connectivity index (χ1v) is 15.0. The summed E-state index contributed by atoms with van der Waals surface area (Å²) in [5, 5.41) is 9.88. The van der Waals surface area contributed by atoms with Crippen molar-refractivity contribution < 1.29 is 9.59 Å². The van der Waals surface area contributed by atoms with Gasteiger partial charge >= 0.3 is 0 Å². The van der Waals surface area contributed by atoms with Gasteiger partial charge in [-0.2, -0.15) is 0 Å². The van der Waals surface area contributed by atoms with Crippen molar-refractivity contribution in [1.29, 1.82) is 0 Å². The van der Waals surface area contributed by atoms with Gasteiger partial charge in [0, 0.05) is 21.9 Å². The van der Waals surface area contributed by atoms with Crippen molar-refractivity contribution in [3.05, 3.63) is 62.1 Å². The highest BCUT2D eigenvalue weighted by Crippen LogP contribution is 2.40. The predicted molar refractivity (Wildman–Crippen MR) is 151 cm³/mol. The van der Waals surface area contributed by atoms with Crippen LogP contribution in [0.3, 0.4) is 0 Å². The van der Waals surface area contributed by atoms with Crippen molar-refractivity contribution in [2.24, 2.45) is 0 Å². The summed E-state index contributed by atoms with van der Waals surface area (Å²) in [7, 11) is 0. The van der Waals surface area contributed by atoms with Crippen molar-refractivity contribution in [1.82, 2.24) is 9.97 Å². The maximum Gasteiger partial charge on any atom is 0.267 e. The number of amides is 2. The van der Waals surface area contributed by atoms with E-state index in [0.717, 1.165) is 11.3 Å². The molecule has 0 bridgehead atoms. The molecule has 2 N–H and O–H groups in total. The third-order valence-corrected chi connectivity index (χ3v) is 9.94. The zero-order valence-electron chi connectivity index (χ0n) is 16.7. The molecule has 15 heteroatoms. The minimum atomic E-state index is -0.370. The molecule has 0 aromatic carbocycles. The lowest BCUT2D eigenvalue weighted by Gasteiger charge is -1.99. The average Bonchev–Trinajstić information content (AvgIpc) is 3.60. The molecule has 5 rings (SSSR count). The molecule has 0 radical (unpaired) electrons. The summed E-state index contributed by atoms with van der Waals surface area (Å²) < 4.78 is 2.17. The standard InChI is InChI=1S/C20H8Cl4N4O2S5/c21-13-3-7(15(23)34-13)9-5-31-19(25-9)27-17(29)11-1-2-12(33-11)18(30)28-20-26-10(6-32-20)8-4-14(22)35-16(8)24/h1-6H,(H,25,27,29)(H,26,28,30). The van der Waals surface area contributed by atoms with Gasteiger partial charge in [0.2, 0.25) is 0 Å². The zero-order valence-corrected chi connectivity index (χ0v) is 23.8. The smallest absolute Gasteiger partial charge is 0.267 e. The van der Waals surface area contributed by atoms with Crippen LogP contribution in [-0.4, -0.2) is 21.8 Å². The summed E-state index contributed by atoms with van der Waals surface area (Å²) in [6.07, 6.45) is 0. The van der Waals surface area contributed by atoms with Crippen LogP contribution in [0.4, 0.5) is 10.3 Å². The molecule has 35 heavy (non-hydrogen) atoms. The minimum absolute atomic E-state index is 0.364. The Hall–Kier alpha value is -1.54. The fraction of sp³-hybridized carbons (Fsp3) is 0. The number of hydrogen-bond acceptors (Lipinski definition) is 9. The van der Waals surface area contributed by atoms with Gasteiger partial charge in [-0.3, -0.25) is 20.2 Å². The summed E-state index contributed by atoms with van der Waals surface area (Å²) in [6, 6.07) is 6.63. The quantitative estimate of drug-likeness (QED) is 0.194. The van der Waals surface area contributed by atoms with Gasteiger partial charge in [-0.25, -0.2) is 9.97 Å². The summed E-state index contributed by atoms with van der Waals surface area (Å²) in [6.45, 7) is 0. The van der Waals surface area contributed by atoms with Crippen LogP contribution in [0.5, 0.6) is 0 Å². The van der Waals surface area contributed by atoms with Crippen molar-refractivity contribution in [3.63, 3.8) is 0 Å². The van der Waals surface area contributed by atoms with Gasteiger partial charge in [0.05, 0.1) is 29.8 Å². The molecule has 178 valence electrons. The second-order valence-corrected chi connectivity index (χ2v) is 14.0. The van der Waals surface area contributed by atoms with E-state index >= 15 is 0 Å². The van der Waals surface area contributed by atoms with Crippen molar-refractivity contribution >= 4 is 125 Å². The second kappa shape index (κ2) is 10.4. The first-order valence-electron chi connectivity index (χ1n) is 9.31. The van der Waals surface area contributed by atoms with Gasteiger partial charge in [0.15, 0.2) is 10.3 Å². The third-order valence-electron chi connectivity index (χ3n) is 4.37. The number of rotatable bonds is 6. The van der Waals surface area contributed by atoms with Crippen LogP contribution in [-0.2, 0) is 0 Å². The normalized spacial score (nSPS) is 11.1. The molecule has 5 aromatic heterocycles. The van der Waals surface area contributed by atoms with E-state index in [1.165, 1.54) is 45.3 Å². The lowest BCUT2D eigenvalue weighted by atomic mass is 10.3. The molecule has 2 amide bonds. The summed E-state index contributed by atoms with van der Waals surface area (Å²) in [4.78, 5) is 34.9. The summed E-state index contributed by atoms with van der Waals surface area (Å²) >= 11 is 30.4. The lowest BCUT2D eigenvalue weighted by Crippen LogP contribution is -2.11. The molecule has 0 saturated heterocycles. The maximum absolute atomic E-state index is 12.7. The number of aromatic nitrogens is 2. The van der Waals surface area contributed by atoms with E-state index in [1.54, 1.807) is 35.0 Å².